The van der Waals surface area contributed by atoms with Gasteiger partial charge in [-0.2, -0.15) is 5.26 Å². The summed E-state index contributed by atoms with van der Waals surface area (Å²) in [4.78, 5) is 13.1. The number of halogens is 1. The summed E-state index contributed by atoms with van der Waals surface area (Å²) in [6, 6.07) is 15.6. The predicted molar refractivity (Wildman–Crippen MR) is 103 cm³/mol. The van der Waals surface area contributed by atoms with Crippen LogP contribution in [0.2, 0.25) is 0 Å². The van der Waals surface area contributed by atoms with Gasteiger partial charge in [0.2, 0.25) is 5.91 Å². The Morgan fingerprint density at radius 2 is 1.96 bits per heavy atom. The third-order valence-corrected chi connectivity index (χ3v) is 5.30. The zero-order chi connectivity index (χ0) is 19.1. The van der Waals surface area contributed by atoms with Crippen LogP contribution >= 0.6 is 23.5 Å². The fraction of sp³-hybridized carbons (Fsp3) is 0.111. The summed E-state index contributed by atoms with van der Waals surface area (Å²) >= 11 is 2.52. The number of nitriles is 1. The summed E-state index contributed by atoms with van der Waals surface area (Å²) in [5.74, 6) is -0.238. The van der Waals surface area contributed by atoms with Gasteiger partial charge in [0.25, 0.3) is 0 Å². The lowest BCUT2D eigenvalue weighted by atomic mass is 10.3. The van der Waals surface area contributed by atoms with Crippen molar-refractivity contribution in [2.45, 2.75) is 10.1 Å². The second-order valence-electron chi connectivity index (χ2n) is 5.21. The lowest BCUT2D eigenvalue weighted by Crippen LogP contribution is -2.15. The van der Waals surface area contributed by atoms with Gasteiger partial charge in [-0.1, -0.05) is 36.0 Å². The molecule has 1 N–H and O–H groups in total. The maximum absolute atomic E-state index is 14.0. The SMILES string of the molecule is N#CCSc1ccccc1NC(=O)CSc1nncn1-c1ccccc1F. The van der Waals surface area contributed by atoms with Gasteiger partial charge in [-0.3, -0.25) is 9.36 Å². The molecule has 0 atom stereocenters. The first-order valence-corrected chi connectivity index (χ1v) is 9.82. The number of benzene rings is 2. The Morgan fingerprint density at radius 3 is 2.78 bits per heavy atom. The van der Waals surface area contributed by atoms with Gasteiger partial charge < -0.3 is 5.32 Å². The van der Waals surface area contributed by atoms with Crippen molar-refractivity contribution in [1.29, 1.82) is 5.26 Å². The van der Waals surface area contributed by atoms with Crippen LogP contribution in [0, 0.1) is 17.1 Å². The van der Waals surface area contributed by atoms with Gasteiger partial charge in [0, 0.05) is 4.90 Å². The van der Waals surface area contributed by atoms with E-state index in [9.17, 15) is 9.18 Å². The minimum absolute atomic E-state index is 0.0877. The number of rotatable bonds is 7. The average Bonchev–Trinajstić information content (AvgIpc) is 3.14. The Kier molecular flexibility index (Phi) is 6.46. The molecule has 0 radical (unpaired) electrons. The molecule has 0 saturated heterocycles. The van der Waals surface area contributed by atoms with Crippen molar-refractivity contribution in [3.05, 3.63) is 60.7 Å². The summed E-state index contributed by atoms with van der Waals surface area (Å²) in [5.41, 5.74) is 0.975. The highest BCUT2D eigenvalue weighted by Gasteiger charge is 2.13. The Bertz CT molecular complexity index is 986. The highest BCUT2D eigenvalue weighted by molar-refractivity contribution is 8.00. The number of carbonyl (C=O) groups excluding carboxylic acids is 1. The van der Waals surface area contributed by atoms with Gasteiger partial charge in [-0.25, -0.2) is 4.39 Å². The summed E-state index contributed by atoms with van der Waals surface area (Å²) in [6.07, 6.45) is 1.41. The van der Waals surface area contributed by atoms with Crippen molar-refractivity contribution < 1.29 is 9.18 Å². The molecular formula is C18H14FN5OS2. The van der Waals surface area contributed by atoms with Gasteiger partial charge in [-0.05, 0) is 24.3 Å². The summed E-state index contributed by atoms with van der Waals surface area (Å²) in [6.45, 7) is 0. The number of nitrogens with one attached hydrogen (secondary N) is 1. The number of amides is 1. The van der Waals surface area contributed by atoms with Crippen LogP contribution < -0.4 is 5.32 Å². The lowest BCUT2D eigenvalue weighted by Gasteiger charge is -2.10. The normalized spacial score (nSPS) is 10.4. The Morgan fingerprint density at radius 1 is 1.19 bits per heavy atom. The minimum Gasteiger partial charge on any atom is -0.324 e. The molecule has 0 fully saturated rings. The van der Waals surface area contributed by atoms with Crippen molar-refractivity contribution in [3.63, 3.8) is 0 Å². The maximum atomic E-state index is 14.0. The van der Waals surface area contributed by atoms with Gasteiger partial charge in [0.15, 0.2) is 5.16 Å². The monoisotopic (exact) mass is 399 g/mol. The maximum Gasteiger partial charge on any atom is 0.234 e. The van der Waals surface area contributed by atoms with Crippen LogP contribution in [0.4, 0.5) is 10.1 Å². The quantitative estimate of drug-likeness (QED) is 0.609. The molecule has 1 heterocycles. The summed E-state index contributed by atoms with van der Waals surface area (Å²) in [5, 5.41) is 19.7. The highest BCUT2D eigenvalue weighted by atomic mass is 32.2. The smallest absolute Gasteiger partial charge is 0.234 e. The molecular weight excluding hydrogens is 385 g/mol. The molecule has 2 aromatic carbocycles. The molecule has 1 aromatic heterocycles. The number of aromatic nitrogens is 3. The number of hydrogen-bond donors (Lipinski definition) is 1. The van der Waals surface area contributed by atoms with E-state index in [1.807, 2.05) is 18.2 Å². The second-order valence-corrected chi connectivity index (χ2v) is 7.17. The Hall–Kier alpha value is -2.83. The predicted octanol–water partition coefficient (Wildman–Crippen LogP) is 3.75. The molecule has 0 spiro atoms. The van der Waals surface area contributed by atoms with Crippen LogP contribution in [-0.2, 0) is 4.79 Å². The molecule has 0 unspecified atom stereocenters. The molecule has 0 saturated carbocycles. The van der Waals surface area contributed by atoms with E-state index in [-0.39, 0.29) is 11.7 Å². The molecule has 9 heteroatoms. The molecule has 1 amide bonds. The number of carbonyl (C=O) groups is 1. The molecule has 136 valence electrons. The van der Waals surface area contributed by atoms with Crippen LogP contribution in [0.1, 0.15) is 0 Å². The first-order chi connectivity index (χ1) is 13.2. The zero-order valence-corrected chi connectivity index (χ0v) is 15.6. The number of hydrogen-bond acceptors (Lipinski definition) is 6. The third-order valence-electron chi connectivity index (χ3n) is 3.41. The van der Waals surface area contributed by atoms with Crippen molar-refractivity contribution >= 4 is 35.1 Å². The number of thioether (sulfide) groups is 2. The number of nitrogens with zero attached hydrogens (tertiary/aromatic N) is 4. The average molecular weight is 399 g/mol. The first kappa shape index (κ1) is 18.9. The van der Waals surface area contributed by atoms with Crippen LogP contribution in [0.25, 0.3) is 5.69 Å². The topological polar surface area (TPSA) is 83.6 Å². The van der Waals surface area contributed by atoms with E-state index < -0.39 is 5.82 Å². The standard InChI is InChI=1S/C18H14FN5OS2/c19-13-5-1-3-7-15(13)24-12-21-23-18(24)27-11-17(25)22-14-6-2-4-8-16(14)26-10-9-20/h1-8,12H,10-11H2,(H,22,25). The van der Waals surface area contributed by atoms with Gasteiger partial charge in [0.1, 0.15) is 12.1 Å². The molecule has 0 aliphatic carbocycles. The molecule has 0 bridgehead atoms. The summed E-state index contributed by atoms with van der Waals surface area (Å²) < 4.78 is 15.5. The Balaban J connectivity index is 1.66. The van der Waals surface area contributed by atoms with Crippen molar-refractivity contribution in [3.8, 4) is 11.8 Å². The van der Waals surface area contributed by atoms with Crippen molar-refractivity contribution in [2.75, 3.05) is 16.8 Å². The molecule has 0 aliphatic heterocycles. The molecule has 3 aromatic rings. The molecule has 3 rings (SSSR count). The Labute approximate surface area is 163 Å². The lowest BCUT2D eigenvalue weighted by molar-refractivity contribution is -0.113. The summed E-state index contributed by atoms with van der Waals surface area (Å²) in [7, 11) is 0. The fourth-order valence-corrected chi connectivity index (χ4v) is 3.65. The van der Waals surface area contributed by atoms with Crippen molar-refractivity contribution in [2.24, 2.45) is 0 Å². The van der Waals surface area contributed by atoms with E-state index in [1.165, 1.54) is 28.7 Å². The van der Waals surface area contributed by atoms with E-state index in [0.717, 1.165) is 16.7 Å². The van der Waals surface area contributed by atoms with Crippen LogP contribution in [0.15, 0.2) is 64.9 Å². The van der Waals surface area contributed by atoms with Crippen LogP contribution in [-0.4, -0.2) is 32.2 Å². The number of anilines is 1. The minimum atomic E-state index is -0.396. The van der Waals surface area contributed by atoms with Crippen molar-refractivity contribution in [1.82, 2.24) is 14.8 Å². The van der Waals surface area contributed by atoms with Gasteiger partial charge in [0.05, 0.1) is 28.9 Å². The van der Waals surface area contributed by atoms with Gasteiger partial charge in [-0.15, -0.1) is 22.0 Å². The van der Waals surface area contributed by atoms with Crippen LogP contribution in [0.3, 0.4) is 0 Å². The van der Waals surface area contributed by atoms with E-state index in [0.29, 0.717) is 22.3 Å². The first-order valence-electron chi connectivity index (χ1n) is 7.85. The largest absolute Gasteiger partial charge is 0.324 e. The molecule has 27 heavy (non-hydrogen) atoms. The highest BCUT2D eigenvalue weighted by Crippen LogP contribution is 2.27. The fourth-order valence-electron chi connectivity index (χ4n) is 2.26. The zero-order valence-electron chi connectivity index (χ0n) is 14.0. The van der Waals surface area contributed by atoms with E-state index in [1.54, 1.807) is 24.3 Å². The molecule has 0 aliphatic rings. The van der Waals surface area contributed by atoms with Crippen LogP contribution in [0.5, 0.6) is 0 Å². The van der Waals surface area contributed by atoms with E-state index in [2.05, 4.69) is 21.6 Å². The third kappa shape index (κ3) is 4.87. The molecule has 6 nitrogen and oxygen atoms in total. The van der Waals surface area contributed by atoms with Gasteiger partial charge >= 0.3 is 0 Å². The number of para-hydroxylation sites is 2. The van der Waals surface area contributed by atoms with E-state index >= 15 is 0 Å². The second kappa shape index (κ2) is 9.21. The van der Waals surface area contributed by atoms with E-state index in [4.69, 9.17) is 5.26 Å².